The lowest BCUT2D eigenvalue weighted by molar-refractivity contribution is 0.479. The molecule has 3 rings (SSSR count). The van der Waals surface area contributed by atoms with Crippen LogP contribution in [0, 0.1) is 48.5 Å². The Kier molecular flexibility index (Phi) is 8.19. The lowest BCUT2D eigenvalue weighted by atomic mass is 10.1. The van der Waals surface area contributed by atoms with E-state index >= 15 is 0 Å². The molecule has 194 valence electrons. The SMILES string of the molecule is Cc1cc(C)c(C)c(P(c2cc(C)cc(CS(=O)(=O)O)c2C)c2cc(C)cc(CS(=O)(=O)O)c2C)c1. The number of rotatable bonds is 7. The van der Waals surface area contributed by atoms with E-state index in [-0.39, 0.29) is 0 Å². The van der Waals surface area contributed by atoms with Crippen LogP contribution in [0.5, 0.6) is 0 Å². The minimum Gasteiger partial charge on any atom is -0.285 e. The van der Waals surface area contributed by atoms with Gasteiger partial charge in [0, 0.05) is 0 Å². The summed E-state index contributed by atoms with van der Waals surface area (Å²) < 4.78 is 66.3. The zero-order valence-electron chi connectivity index (χ0n) is 21.7. The van der Waals surface area contributed by atoms with Crippen LogP contribution in [-0.4, -0.2) is 25.9 Å². The summed E-state index contributed by atoms with van der Waals surface area (Å²) in [5, 5.41) is 2.99. The Morgan fingerprint density at radius 2 is 0.889 bits per heavy atom. The highest BCUT2D eigenvalue weighted by molar-refractivity contribution is 7.85. The van der Waals surface area contributed by atoms with E-state index in [0.29, 0.717) is 11.1 Å². The van der Waals surface area contributed by atoms with E-state index in [0.717, 1.165) is 54.9 Å². The van der Waals surface area contributed by atoms with E-state index in [1.54, 1.807) is 12.1 Å². The van der Waals surface area contributed by atoms with E-state index in [1.165, 1.54) is 0 Å². The Hall–Kier alpha value is -2.09. The summed E-state index contributed by atoms with van der Waals surface area (Å²) in [5.41, 5.74) is 7.69. The Bertz CT molecular complexity index is 1470. The zero-order chi connectivity index (χ0) is 27.2. The van der Waals surface area contributed by atoms with Crippen LogP contribution in [0.15, 0.2) is 36.4 Å². The van der Waals surface area contributed by atoms with Gasteiger partial charge in [0.1, 0.15) is 11.5 Å². The molecule has 0 amide bonds. The molecule has 9 heteroatoms. The smallest absolute Gasteiger partial charge is 0.269 e. The molecule has 0 unspecified atom stereocenters. The highest BCUT2D eigenvalue weighted by Crippen LogP contribution is 2.39. The Morgan fingerprint density at radius 1 is 0.556 bits per heavy atom. The van der Waals surface area contributed by atoms with Crippen LogP contribution in [0.4, 0.5) is 0 Å². The van der Waals surface area contributed by atoms with Crippen molar-refractivity contribution in [2.45, 2.75) is 60.0 Å². The fourth-order valence-electron chi connectivity index (χ4n) is 4.62. The third-order valence-electron chi connectivity index (χ3n) is 6.45. The average molecular weight is 549 g/mol. The second kappa shape index (κ2) is 10.3. The first-order chi connectivity index (χ1) is 16.5. The van der Waals surface area contributed by atoms with Gasteiger partial charge in [0.2, 0.25) is 0 Å². The average Bonchev–Trinajstić information content (AvgIpc) is 2.70. The summed E-state index contributed by atoms with van der Waals surface area (Å²) in [7, 11) is -9.72. The van der Waals surface area contributed by atoms with E-state index in [2.05, 4.69) is 38.1 Å². The fraction of sp³-hybridized carbons (Fsp3) is 0.333. The molecule has 0 saturated heterocycles. The molecule has 0 saturated carbocycles. The van der Waals surface area contributed by atoms with Gasteiger partial charge < -0.3 is 0 Å². The molecule has 0 spiro atoms. The summed E-state index contributed by atoms with van der Waals surface area (Å²) in [6, 6.07) is 11.9. The summed E-state index contributed by atoms with van der Waals surface area (Å²) >= 11 is 0. The molecule has 36 heavy (non-hydrogen) atoms. The maximum atomic E-state index is 11.8. The lowest BCUT2D eigenvalue weighted by Gasteiger charge is -2.28. The summed E-state index contributed by atoms with van der Waals surface area (Å²) in [6.45, 7) is 13.7. The summed E-state index contributed by atoms with van der Waals surface area (Å²) in [4.78, 5) is 0. The van der Waals surface area contributed by atoms with Crippen molar-refractivity contribution in [2.75, 3.05) is 0 Å². The first kappa shape index (κ1) is 28.5. The quantitative estimate of drug-likeness (QED) is 0.335. The molecule has 6 nitrogen and oxygen atoms in total. The molecule has 0 aliphatic carbocycles. The molecule has 0 aromatic heterocycles. The van der Waals surface area contributed by atoms with Crippen molar-refractivity contribution in [3.8, 4) is 0 Å². The molecular weight excluding hydrogens is 515 g/mol. The van der Waals surface area contributed by atoms with Crippen molar-refractivity contribution in [3.05, 3.63) is 86.5 Å². The van der Waals surface area contributed by atoms with Crippen LogP contribution >= 0.6 is 7.92 Å². The highest BCUT2D eigenvalue weighted by atomic mass is 32.2. The lowest BCUT2D eigenvalue weighted by Crippen LogP contribution is -2.28. The van der Waals surface area contributed by atoms with Crippen molar-refractivity contribution in [3.63, 3.8) is 0 Å². The van der Waals surface area contributed by atoms with Gasteiger partial charge in [0.25, 0.3) is 20.2 Å². The Morgan fingerprint density at radius 3 is 1.25 bits per heavy atom. The number of aryl methyl sites for hydroxylation is 4. The highest BCUT2D eigenvalue weighted by Gasteiger charge is 2.27. The third kappa shape index (κ3) is 6.61. The maximum Gasteiger partial charge on any atom is 0.269 e. The minimum absolute atomic E-state index is 0.483. The van der Waals surface area contributed by atoms with Crippen LogP contribution < -0.4 is 15.9 Å². The van der Waals surface area contributed by atoms with Gasteiger partial charge in [0.05, 0.1) is 0 Å². The Labute approximate surface area is 216 Å². The second-order valence-electron chi connectivity index (χ2n) is 9.65. The molecule has 0 aliphatic heterocycles. The van der Waals surface area contributed by atoms with Crippen molar-refractivity contribution in [2.24, 2.45) is 0 Å². The van der Waals surface area contributed by atoms with E-state index in [4.69, 9.17) is 0 Å². The van der Waals surface area contributed by atoms with E-state index < -0.39 is 39.7 Å². The van der Waals surface area contributed by atoms with Crippen LogP contribution in [-0.2, 0) is 31.7 Å². The molecule has 0 bridgehead atoms. The molecule has 3 aromatic rings. The zero-order valence-corrected chi connectivity index (χ0v) is 24.2. The third-order valence-corrected chi connectivity index (χ3v) is 10.6. The van der Waals surface area contributed by atoms with Gasteiger partial charge in [-0.25, -0.2) is 0 Å². The van der Waals surface area contributed by atoms with E-state index in [1.807, 2.05) is 34.6 Å². The number of hydrogen-bond acceptors (Lipinski definition) is 4. The van der Waals surface area contributed by atoms with E-state index in [9.17, 15) is 25.9 Å². The van der Waals surface area contributed by atoms with Crippen molar-refractivity contribution >= 4 is 44.1 Å². The molecule has 0 atom stereocenters. The van der Waals surface area contributed by atoms with Crippen LogP contribution in [0.2, 0.25) is 0 Å². The van der Waals surface area contributed by atoms with Gasteiger partial charge in [0.15, 0.2) is 0 Å². The molecular formula is C27H33O6PS2. The van der Waals surface area contributed by atoms with Crippen molar-refractivity contribution < 1.29 is 25.9 Å². The van der Waals surface area contributed by atoms with Gasteiger partial charge in [-0.15, -0.1) is 0 Å². The first-order valence-corrected chi connectivity index (χ1v) is 16.0. The topological polar surface area (TPSA) is 109 Å². The van der Waals surface area contributed by atoms with Gasteiger partial charge >= 0.3 is 0 Å². The second-order valence-corrected chi connectivity index (χ2v) is 14.7. The standard InChI is InChI=1S/C27H33O6PS2/c1-16-8-19(4)20(5)25(11-16)34(26-12-17(2)9-23(21(26)6)14-35(28,29)30)27-13-18(3)10-24(22(27)7)15-36(31,32)33/h8-13H,14-15H2,1-7H3,(H,28,29,30)(H,31,32,33). The molecule has 0 aliphatic rings. The van der Waals surface area contributed by atoms with Crippen LogP contribution in [0.25, 0.3) is 0 Å². The van der Waals surface area contributed by atoms with Crippen molar-refractivity contribution in [1.82, 2.24) is 0 Å². The van der Waals surface area contributed by atoms with Crippen LogP contribution in [0.1, 0.15) is 50.1 Å². The monoisotopic (exact) mass is 548 g/mol. The predicted molar refractivity (Wildman–Crippen MR) is 149 cm³/mol. The number of benzene rings is 3. The summed E-state index contributed by atoms with van der Waals surface area (Å²) in [6.07, 6.45) is 0. The minimum atomic E-state index is -4.24. The van der Waals surface area contributed by atoms with Gasteiger partial charge in [-0.3, -0.25) is 9.11 Å². The van der Waals surface area contributed by atoms with Gasteiger partial charge in [-0.05, 0) is 106 Å². The predicted octanol–water partition coefficient (Wildman–Crippen LogP) is 4.38. The van der Waals surface area contributed by atoms with Gasteiger partial charge in [-0.1, -0.05) is 53.1 Å². The summed E-state index contributed by atoms with van der Waals surface area (Å²) in [5.74, 6) is -0.966. The molecule has 0 radical (unpaired) electrons. The fourth-order valence-corrected chi connectivity index (χ4v) is 9.25. The molecule has 0 heterocycles. The van der Waals surface area contributed by atoms with Gasteiger partial charge in [-0.2, -0.15) is 16.8 Å². The maximum absolute atomic E-state index is 11.8. The largest absolute Gasteiger partial charge is 0.285 e. The van der Waals surface area contributed by atoms with Crippen molar-refractivity contribution in [1.29, 1.82) is 0 Å². The normalized spacial score (nSPS) is 12.4. The molecule has 2 N–H and O–H groups in total. The molecule has 3 aromatic carbocycles. The Balaban J connectivity index is 2.46. The molecule has 0 fully saturated rings. The van der Waals surface area contributed by atoms with Crippen LogP contribution in [0.3, 0.4) is 0 Å². The first-order valence-electron chi connectivity index (χ1n) is 11.5. The number of hydrogen-bond donors (Lipinski definition) is 2.